The molecule has 0 radical (unpaired) electrons. The number of nitrogens with one attached hydrogen (secondary N) is 3. The van der Waals surface area contributed by atoms with Crippen LogP contribution in [-0.2, 0) is 11.5 Å². The van der Waals surface area contributed by atoms with E-state index in [4.69, 9.17) is 27.9 Å². The van der Waals surface area contributed by atoms with E-state index in [9.17, 15) is 19.2 Å². The molecule has 0 atom stereocenters. The summed E-state index contributed by atoms with van der Waals surface area (Å²) in [6.07, 6.45) is 3.03. The number of amides is 2. The molecule has 6 heterocycles. The van der Waals surface area contributed by atoms with E-state index in [1.54, 1.807) is 75.1 Å². The molecule has 0 saturated heterocycles. The molecule has 3 N–H and O–H groups in total. The highest BCUT2D eigenvalue weighted by Gasteiger charge is 2.18. The first-order chi connectivity index (χ1) is 29.8. The number of halogens is 2. The third-order valence-electron chi connectivity index (χ3n) is 8.63. The summed E-state index contributed by atoms with van der Waals surface area (Å²) in [5.41, 5.74) is 5.15. The van der Waals surface area contributed by atoms with Gasteiger partial charge in [-0.3, -0.25) is 33.4 Å². The first-order valence-electron chi connectivity index (χ1n) is 18.6. The molecule has 8 aromatic rings. The lowest BCUT2D eigenvalue weighted by Gasteiger charge is -2.15. The highest BCUT2D eigenvalue weighted by atomic mass is 35.5. The van der Waals surface area contributed by atoms with E-state index in [2.05, 4.69) is 65.5 Å². The average molecular weight is 928 g/mol. The van der Waals surface area contributed by atoms with Gasteiger partial charge in [-0.2, -0.15) is 9.97 Å². The van der Waals surface area contributed by atoms with Gasteiger partial charge in [0.05, 0.1) is 11.0 Å². The molecule has 0 bridgehead atoms. The average Bonchev–Trinajstić information content (AvgIpc) is 4.08. The highest BCUT2D eigenvalue weighted by Crippen LogP contribution is 2.22. The van der Waals surface area contributed by atoms with Crippen molar-refractivity contribution >= 4 is 77.1 Å². The maximum absolute atomic E-state index is 13.0. The van der Waals surface area contributed by atoms with Gasteiger partial charge in [0.1, 0.15) is 18.1 Å². The summed E-state index contributed by atoms with van der Waals surface area (Å²) in [6.45, 7) is 7.58. The Morgan fingerprint density at radius 2 is 1.35 bits per heavy atom. The van der Waals surface area contributed by atoms with Crippen molar-refractivity contribution < 1.29 is 14.3 Å². The Morgan fingerprint density at radius 1 is 0.774 bits per heavy atom. The zero-order chi connectivity index (χ0) is 43.8. The number of ether oxygens (including phenoxy) is 1. The van der Waals surface area contributed by atoms with Crippen LogP contribution in [0.25, 0.3) is 34.7 Å². The summed E-state index contributed by atoms with van der Waals surface area (Å²) in [5, 5.41) is 21.1. The summed E-state index contributed by atoms with van der Waals surface area (Å²) in [6, 6.07) is 21.1. The molecule has 2 aromatic carbocycles. The number of carbonyl (C=O) groups excluding carboxylic acids is 2. The standard InChI is InChI=1S/C23H25ClN6O3SSi.C17H11ClN6O2S/c1-35(2,3)10-9-33-15-30-23(27-21(28-30)16-5-4-6-17(24)11-16)29-8-7-18(12-20(29)31)26-22(32)19-13-34-14-25-19;18-11-3-1-2-10(6-11)15-21-17(23-22-15)24-5-4-12(7-14(24)25)20-16(26)13-8-27-9-19-13/h4-8,11-14H,9-10,15H2,1-3H3,(H,26,32);1-9H,(H,20,26)(H,21,22,23). The molecule has 22 heteroatoms. The van der Waals surface area contributed by atoms with Crippen LogP contribution < -0.4 is 21.8 Å². The number of carbonyl (C=O) groups is 2. The number of H-pyrrole nitrogens is 1. The van der Waals surface area contributed by atoms with E-state index in [1.807, 2.05) is 18.2 Å². The highest BCUT2D eigenvalue weighted by molar-refractivity contribution is 7.08. The van der Waals surface area contributed by atoms with Crippen molar-refractivity contribution in [3.8, 4) is 34.7 Å². The van der Waals surface area contributed by atoms with Crippen LogP contribution >= 0.6 is 45.9 Å². The second kappa shape index (κ2) is 19.5. The predicted molar refractivity (Wildman–Crippen MR) is 243 cm³/mol. The monoisotopic (exact) mass is 926 g/mol. The number of aromatic amines is 1. The zero-order valence-corrected chi connectivity index (χ0v) is 37.3. The van der Waals surface area contributed by atoms with Gasteiger partial charge in [-0.1, -0.05) is 67.1 Å². The van der Waals surface area contributed by atoms with Crippen LogP contribution in [0, 0.1) is 0 Å². The van der Waals surface area contributed by atoms with Crippen molar-refractivity contribution in [2.24, 2.45) is 0 Å². The largest absolute Gasteiger partial charge is 0.359 e. The van der Waals surface area contributed by atoms with Crippen LogP contribution in [0.5, 0.6) is 0 Å². The van der Waals surface area contributed by atoms with E-state index >= 15 is 0 Å². The van der Waals surface area contributed by atoms with E-state index in [0.29, 0.717) is 57.0 Å². The van der Waals surface area contributed by atoms with Crippen molar-refractivity contribution in [3.05, 3.63) is 149 Å². The first-order valence-corrected chi connectivity index (χ1v) is 25.0. The maximum atomic E-state index is 13.0. The molecular weight excluding hydrogens is 892 g/mol. The van der Waals surface area contributed by atoms with Gasteiger partial charge in [-0.05, 0) is 42.4 Å². The molecule has 0 aliphatic rings. The number of benzene rings is 2. The number of anilines is 2. The number of hydrogen-bond donors (Lipinski definition) is 3. The van der Waals surface area contributed by atoms with Gasteiger partial charge in [0, 0.05) is 82.5 Å². The molecule has 6 aromatic heterocycles. The second-order valence-electron chi connectivity index (χ2n) is 14.5. The Labute approximate surface area is 372 Å². The molecule has 62 heavy (non-hydrogen) atoms. The van der Waals surface area contributed by atoms with Gasteiger partial charge in [-0.15, -0.1) is 32.9 Å². The molecule has 316 valence electrons. The van der Waals surface area contributed by atoms with E-state index in [-0.39, 0.29) is 35.6 Å². The van der Waals surface area contributed by atoms with Gasteiger partial charge < -0.3 is 15.4 Å². The van der Waals surface area contributed by atoms with Crippen molar-refractivity contribution in [3.63, 3.8) is 0 Å². The van der Waals surface area contributed by atoms with Gasteiger partial charge in [0.15, 0.2) is 11.6 Å². The summed E-state index contributed by atoms with van der Waals surface area (Å²) in [4.78, 5) is 66.5. The fourth-order valence-corrected chi connectivity index (χ4v) is 7.69. The number of hydrogen-bond acceptors (Lipinski definition) is 13. The third-order valence-corrected chi connectivity index (χ3v) is 12.0. The van der Waals surface area contributed by atoms with Crippen LogP contribution in [0.1, 0.15) is 21.0 Å². The van der Waals surface area contributed by atoms with Crippen molar-refractivity contribution in [1.82, 2.24) is 49.0 Å². The Balaban J connectivity index is 0.000000192. The van der Waals surface area contributed by atoms with Crippen LogP contribution in [0.3, 0.4) is 0 Å². The Bertz CT molecular complexity index is 2950. The fraction of sp³-hybridized carbons (Fsp3) is 0.150. The van der Waals surface area contributed by atoms with Gasteiger partial charge >= 0.3 is 0 Å². The molecule has 0 aliphatic carbocycles. The normalized spacial score (nSPS) is 11.2. The molecule has 8 rings (SSSR count). The first kappa shape index (κ1) is 43.7. The molecule has 0 fully saturated rings. The smallest absolute Gasteiger partial charge is 0.275 e. The van der Waals surface area contributed by atoms with Gasteiger partial charge in [0.25, 0.3) is 28.9 Å². The lowest BCUT2D eigenvalue weighted by atomic mass is 10.2. The van der Waals surface area contributed by atoms with Crippen molar-refractivity contribution in [1.29, 1.82) is 0 Å². The number of nitrogens with zero attached hydrogens (tertiary/aromatic N) is 9. The molecular formula is C40H36Cl2N12O5S2Si. The van der Waals surface area contributed by atoms with Crippen LogP contribution in [0.4, 0.5) is 11.4 Å². The van der Waals surface area contributed by atoms with Crippen molar-refractivity contribution in [2.45, 2.75) is 32.4 Å². The number of aromatic nitrogens is 10. The third kappa shape index (κ3) is 11.3. The fourth-order valence-electron chi connectivity index (χ4n) is 5.49. The molecule has 0 unspecified atom stereocenters. The molecule has 0 aliphatic heterocycles. The maximum Gasteiger partial charge on any atom is 0.275 e. The minimum absolute atomic E-state index is 0.141. The Morgan fingerprint density at radius 3 is 1.90 bits per heavy atom. The Kier molecular flexibility index (Phi) is 13.7. The number of rotatable bonds is 13. The van der Waals surface area contributed by atoms with Crippen LogP contribution in [0.15, 0.2) is 117 Å². The van der Waals surface area contributed by atoms with Crippen LogP contribution in [0.2, 0.25) is 35.7 Å². The molecule has 0 saturated carbocycles. The lowest BCUT2D eigenvalue weighted by molar-refractivity contribution is 0.0782. The summed E-state index contributed by atoms with van der Waals surface area (Å²) < 4.78 is 10.1. The van der Waals surface area contributed by atoms with Crippen molar-refractivity contribution in [2.75, 3.05) is 17.2 Å². The minimum atomic E-state index is -1.25. The zero-order valence-electron chi connectivity index (χ0n) is 33.2. The summed E-state index contributed by atoms with van der Waals surface area (Å²) in [7, 11) is -1.25. The quantitative estimate of drug-likeness (QED) is 0.0752. The lowest BCUT2D eigenvalue weighted by Crippen LogP contribution is -2.24. The van der Waals surface area contributed by atoms with Gasteiger partial charge in [0.2, 0.25) is 5.95 Å². The summed E-state index contributed by atoms with van der Waals surface area (Å²) in [5.74, 6) is 0.632. The van der Waals surface area contributed by atoms with Gasteiger partial charge in [-0.25, -0.2) is 14.6 Å². The predicted octanol–water partition coefficient (Wildman–Crippen LogP) is 7.76. The Hall–Kier alpha value is -6.42. The molecule has 17 nitrogen and oxygen atoms in total. The van der Waals surface area contributed by atoms with E-state index in [0.717, 1.165) is 17.2 Å². The number of pyridine rings is 2. The van der Waals surface area contributed by atoms with Crippen LogP contribution in [-0.4, -0.2) is 75.5 Å². The minimum Gasteiger partial charge on any atom is -0.359 e. The second-order valence-corrected chi connectivity index (χ2v) is 22.4. The van der Waals surface area contributed by atoms with E-state index < -0.39 is 8.07 Å². The summed E-state index contributed by atoms with van der Waals surface area (Å²) >= 11 is 14.8. The number of thiazole rings is 2. The molecule has 2 amide bonds. The molecule has 0 spiro atoms. The topological polar surface area (TPSA) is 209 Å². The van der Waals surface area contributed by atoms with E-state index in [1.165, 1.54) is 50.1 Å². The SMILES string of the molecule is C[Si](C)(C)CCOCn1nc(-c2cccc(Cl)c2)nc1-n1ccc(NC(=O)c2cscn2)cc1=O.O=C(Nc1ccn(-c2n[nH]c(-c3cccc(Cl)c3)n2)c(=O)c1)c1cscn1.